The number of aliphatic hydroxyl groups excluding tert-OH is 1. The Labute approximate surface area is 140 Å². The van der Waals surface area contributed by atoms with Gasteiger partial charge in [0.1, 0.15) is 17.4 Å². The molecular weight excluding hydrogens is 300 g/mol. The van der Waals surface area contributed by atoms with Crippen molar-refractivity contribution in [3.05, 3.63) is 36.3 Å². The number of nitrogens with zero attached hydrogens (tertiary/aromatic N) is 4. The largest absolute Gasteiger partial charge is 0.385 e. The Morgan fingerprint density at radius 2 is 1.96 bits per heavy atom. The molecule has 1 aromatic carbocycles. The van der Waals surface area contributed by atoms with Gasteiger partial charge in [-0.3, -0.25) is 4.98 Å². The summed E-state index contributed by atoms with van der Waals surface area (Å²) in [7, 11) is 0. The molecule has 3 aromatic rings. The number of pyridine rings is 1. The van der Waals surface area contributed by atoms with Crippen molar-refractivity contribution in [3.63, 3.8) is 0 Å². The highest BCUT2D eigenvalue weighted by molar-refractivity contribution is 6.02. The Balaban J connectivity index is 1.93. The van der Waals surface area contributed by atoms with Gasteiger partial charge in [0.25, 0.3) is 0 Å². The van der Waals surface area contributed by atoms with E-state index in [1.54, 1.807) is 13.1 Å². The topological polar surface area (TPSA) is 74.7 Å². The minimum absolute atomic E-state index is 0.157. The van der Waals surface area contributed by atoms with Crippen molar-refractivity contribution >= 4 is 21.9 Å². The molecule has 0 bridgehead atoms. The van der Waals surface area contributed by atoms with E-state index in [0.29, 0.717) is 5.82 Å². The summed E-state index contributed by atoms with van der Waals surface area (Å²) in [6, 6.07) is 10.7. The molecule has 4 rings (SSSR count). The van der Waals surface area contributed by atoms with Crippen molar-refractivity contribution in [2.75, 3.05) is 0 Å². The number of imidazole rings is 1. The lowest BCUT2D eigenvalue weighted by Crippen LogP contribution is -2.20. The van der Waals surface area contributed by atoms with E-state index in [1.807, 2.05) is 18.2 Å². The van der Waals surface area contributed by atoms with E-state index < -0.39 is 6.10 Å². The summed E-state index contributed by atoms with van der Waals surface area (Å²) < 4.78 is 2.21. The summed E-state index contributed by atoms with van der Waals surface area (Å²) >= 11 is 0. The van der Waals surface area contributed by atoms with Gasteiger partial charge in [-0.2, -0.15) is 5.26 Å². The molecule has 1 unspecified atom stereocenters. The molecule has 2 aromatic heterocycles. The second kappa shape index (κ2) is 5.88. The first kappa shape index (κ1) is 15.1. The molecule has 1 aliphatic carbocycles. The van der Waals surface area contributed by atoms with Gasteiger partial charge >= 0.3 is 0 Å². The summed E-state index contributed by atoms with van der Waals surface area (Å²) in [6.45, 7) is 1.76. The van der Waals surface area contributed by atoms with Crippen LogP contribution in [0.2, 0.25) is 0 Å². The molecule has 0 spiro atoms. The highest BCUT2D eigenvalue weighted by Gasteiger charge is 2.27. The summed E-state index contributed by atoms with van der Waals surface area (Å²) in [5.41, 5.74) is 2.82. The maximum absolute atomic E-state index is 10.3. The molecule has 0 saturated heterocycles. The molecule has 1 N–H and O–H groups in total. The zero-order chi connectivity index (χ0) is 16.7. The van der Waals surface area contributed by atoms with Crippen LogP contribution in [0.25, 0.3) is 21.9 Å². The van der Waals surface area contributed by atoms with Gasteiger partial charge in [-0.1, -0.05) is 18.2 Å². The van der Waals surface area contributed by atoms with Crippen molar-refractivity contribution in [2.45, 2.75) is 44.8 Å². The first-order valence-electron chi connectivity index (χ1n) is 8.52. The van der Waals surface area contributed by atoms with E-state index in [0.717, 1.165) is 47.6 Å². The molecule has 5 heteroatoms. The Morgan fingerprint density at radius 3 is 2.67 bits per heavy atom. The average molecular weight is 320 g/mol. The predicted molar refractivity (Wildman–Crippen MR) is 92.3 cm³/mol. The SMILES string of the molecule is CC(O)c1nc2cnc3ccccc3c2n1C1CCC(C#N)CC1. The van der Waals surface area contributed by atoms with Crippen LogP contribution in [0.1, 0.15) is 50.6 Å². The Morgan fingerprint density at radius 1 is 1.21 bits per heavy atom. The van der Waals surface area contributed by atoms with Crippen LogP contribution < -0.4 is 0 Å². The number of aliphatic hydroxyl groups is 1. The standard InChI is InChI=1S/C19H20N4O/c1-12(24)19-22-17-11-21-16-5-3-2-4-15(16)18(17)23(19)14-8-6-13(10-20)7-9-14/h2-5,11-14,24H,6-9H2,1H3. The normalized spacial score (nSPS) is 22.5. The van der Waals surface area contributed by atoms with Gasteiger partial charge in [0.15, 0.2) is 0 Å². The third-order valence-corrected chi connectivity index (χ3v) is 5.07. The van der Waals surface area contributed by atoms with E-state index in [2.05, 4.69) is 26.7 Å². The van der Waals surface area contributed by atoms with Gasteiger partial charge in [-0.05, 0) is 38.7 Å². The third kappa shape index (κ3) is 2.35. The van der Waals surface area contributed by atoms with Gasteiger partial charge in [0.2, 0.25) is 0 Å². The minimum Gasteiger partial charge on any atom is -0.385 e. The maximum Gasteiger partial charge on any atom is 0.138 e. The molecule has 1 atom stereocenters. The average Bonchev–Trinajstić information content (AvgIpc) is 3.02. The van der Waals surface area contributed by atoms with Crippen molar-refractivity contribution in [1.82, 2.24) is 14.5 Å². The zero-order valence-electron chi connectivity index (χ0n) is 13.7. The van der Waals surface area contributed by atoms with Gasteiger partial charge < -0.3 is 9.67 Å². The molecule has 0 amide bonds. The summed E-state index contributed by atoms with van der Waals surface area (Å²) in [5.74, 6) is 0.855. The van der Waals surface area contributed by atoms with Crippen LogP contribution in [0.15, 0.2) is 30.5 Å². The van der Waals surface area contributed by atoms with E-state index >= 15 is 0 Å². The molecule has 1 fully saturated rings. The van der Waals surface area contributed by atoms with Crippen LogP contribution in [0, 0.1) is 17.2 Å². The van der Waals surface area contributed by atoms with Gasteiger partial charge in [0, 0.05) is 17.3 Å². The van der Waals surface area contributed by atoms with Crippen LogP contribution in [0.4, 0.5) is 0 Å². The quantitative estimate of drug-likeness (QED) is 0.777. The van der Waals surface area contributed by atoms with Gasteiger partial charge in [0.05, 0.1) is 23.3 Å². The number of para-hydroxylation sites is 1. The van der Waals surface area contributed by atoms with Crippen LogP contribution in [0.5, 0.6) is 0 Å². The third-order valence-electron chi connectivity index (χ3n) is 5.07. The minimum atomic E-state index is -0.634. The number of aromatic nitrogens is 3. The Kier molecular flexibility index (Phi) is 3.70. The van der Waals surface area contributed by atoms with Crippen LogP contribution >= 0.6 is 0 Å². The molecule has 122 valence electrons. The molecule has 0 aliphatic heterocycles. The lowest BCUT2D eigenvalue weighted by Gasteiger charge is -2.28. The number of hydrogen-bond acceptors (Lipinski definition) is 4. The number of rotatable bonds is 2. The second-order valence-corrected chi connectivity index (χ2v) is 6.66. The second-order valence-electron chi connectivity index (χ2n) is 6.66. The fourth-order valence-electron chi connectivity index (χ4n) is 3.87. The molecule has 24 heavy (non-hydrogen) atoms. The van der Waals surface area contributed by atoms with Crippen molar-refractivity contribution in [3.8, 4) is 6.07 Å². The molecule has 1 aliphatic rings. The van der Waals surface area contributed by atoms with E-state index in [1.165, 1.54) is 0 Å². The lowest BCUT2D eigenvalue weighted by atomic mass is 9.86. The number of nitriles is 1. The summed E-state index contributed by atoms with van der Waals surface area (Å²) in [6.07, 6.45) is 4.86. The van der Waals surface area contributed by atoms with Gasteiger partial charge in [-0.15, -0.1) is 0 Å². The fraction of sp³-hybridized carbons (Fsp3) is 0.421. The first-order chi connectivity index (χ1) is 11.7. The van der Waals surface area contributed by atoms with E-state index in [9.17, 15) is 5.11 Å². The van der Waals surface area contributed by atoms with E-state index in [4.69, 9.17) is 5.26 Å². The molecular formula is C19H20N4O. The number of hydrogen-bond donors (Lipinski definition) is 1. The van der Waals surface area contributed by atoms with Crippen LogP contribution in [0.3, 0.4) is 0 Å². The Hall–Kier alpha value is -2.45. The summed E-state index contributed by atoms with van der Waals surface area (Å²) in [4.78, 5) is 9.16. The summed E-state index contributed by atoms with van der Waals surface area (Å²) in [5, 5.41) is 20.5. The van der Waals surface area contributed by atoms with Crippen molar-refractivity contribution < 1.29 is 5.11 Å². The smallest absolute Gasteiger partial charge is 0.138 e. The zero-order valence-corrected chi connectivity index (χ0v) is 13.7. The lowest BCUT2D eigenvalue weighted by molar-refractivity contribution is 0.177. The molecule has 2 heterocycles. The monoisotopic (exact) mass is 320 g/mol. The number of benzene rings is 1. The molecule has 0 radical (unpaired) electrons. The van der Waals surface area contributed by atoms with Crippen LogP contribution in [-0.2, 0) is 0 Å². The highest BCUT2D eigenvalue weighted by atomic mass is 16.3. The van der Waals surface area contributed by atoms with Crippen molar-refractivity contribution in [2.24, 2.45) is 5.92 Å². The first-order valence-corrected chi connectivity index (χ1v) is 8.52. The highest BCUT2D eigenvalue weighted by Crippen LogP contribution is 2.37. The van der Waals surface area contributed by atoms with Crippen molar-refractivity contribution in [1.29, 1.82) is 5.26 Å². The molecule has 5 nitrogen and oxygen atoms in total. The van der Waals surface area contributed by atoms with E-state index in [-0.39, 0.29) is 12.0 Å². The molecule has 1 saturated carbocycles. The fourth-order valence-corrected chi connectivity index (χ4v) is 3.87. The number of fused-ring (bicyclic) bond motifs is 3. The van der Waals surface area contributed by atoms with Gasteiger partial charge in [-0.25, -0.2) is 4.98 Å². The van der Waals surface area contributed by atoms with Crippen LogP contribution in [-0.4, -0.2) is 19.6 Å². The Bertz CT molecular complexity index is 930. The maximum atomic E-state index is 10.3. The predicted octanol–water partition coefficient (Wildman–Crippen LogP) is 3.89.